The fourth-order valence-corrected chi connectivity index (χ4v) is 2.51. The number of nitrogens with two attached hydrogens (primary N) is 1. The maximum absolute atomic E-state index is 13.6. The predicted octanol–water partition coefficient (Wildman–Crippen LogP) is 3.49. The second-order valence-corrected chi connectivity index (χ2v) is 5.06. The summed E-state index contributed by atoms with van der Waals surface area (Å²) >= 11 is 2.23. The van der Waals surface area contributed by atoms with Gasteiger partial charge in [0.15, 0.2) is 11.6 Å². The Bertz CT molecular complexity index is 559. The van der Waals surface area contributed by atoms with E-state index in [1.54, 1.807) is 12.1 Å². The molecule has 94 valence electrons. The van der Waals surface area contributed by atoms with Crippen molar-refractivity contribution in [3.8, 4) is 5.75 Å². The molecular formula is C14H13FINO. The van der Waals surface area contributed by atoms with Gasteiger partial charge in [0.1, 0.15) is 0 Å². The highest BCUT2D eigenvalue weighted by Crippen LogP contribution is 2.27. The maximum atomic E-state index is 13.6. The summed E-state index contributed by atoms with van der Waals surface area (Å²) in [5.74, 6) is -0.162. The van der Waals surface area contributed by atoms with Crippen LogP contribution in [0.25, 0.3) is 0 Å². The van der Waals surface area contributed by atoms with Crippen molar-refractivity contribution in [2.75, 3.05) is 7.11 Å². The predicted molar refractivity (Wildman–Crippen MR) is 78.1 cm³/mol. The zero-order chi connectivity index (χ0) is 13.1. The van der Waals surface area contributed by atoms with Crippen LogP contribution in [0.15, 0.2) is 42.5 Å². The molecule has 1 unspecified atom stereocenters. The van der Waals surface area contributed by atoms with Crippen LogP contribution in [-0.4, -0.2) is 7.11 Å². The Hall–Kier alpha value is -1.14. The Balaban J connectivity index is 2.37. The lowest BCUT2D eigenvalue weighted by molar-refractivity contribution is 0.386. The fourth-order valence-electron chi connectivity index (χ4n) is 1.78. The first-order valence-electron chi connectivity index (χ1n) is 5.47. The molecule has 2 aromatic rings. The number of halogens is 2. The number of methoxy groups -OCH3 is 1. The van der Waals surface area contributed by atoms with Gasteiger partial charge in [-0.25, -0.2) is 4.39 Å². The molecular weight excluding hydrogens is 344 g/mol. The first-order chi connectivity index (χ1) is 8.63. The lowest BCUT2D eigenvalue weighted by atomic mass is 9.99. The Morgan fingerprint density at radius 3 is 2.56 bits per heavy atom. The molecule has 0 spiro atoms. The first-order valence-corrected chi connectivity index (χ1v) is 6.55. The van der Waals surface area contributed by atoms with E-state index in [0.717, 1.165) is 14.7 Å². The Morgan fingerprint density at radius 1 is 1.22 bits per heavy atom. The van der Waals surface area contributed by atoms with E-state index in [1.165, 1.54) is 13.2 Å². The van der Waals surface area contributed by atoms with E-state index in [2.05, 4.69) is 22.6 Å². The van der Waals surface area contributed by atoms with Gasteiger partial charge in [-0.1, -0.05) is 24.3 Å². The highest BCUT2D eigenvalue weighted by atomic mass is 127. The molecule has 0 saturated heterocycles. The van der Waals surface area contributed by atoms with Crippen LogP contribution in [0.1, 0.15) is 17.2 Å². The Labute approximate surface area is 119 Å². The molecule has 1 atom stereocenters. The Kier molecular flexibility index (Phi) is 4.19. The monoisotopic (exact) mass is 357 g/mol. The molecule has 0 fully saturated rings. The number of benzene rings is 2. The standard InChI is InChI=1S/C14H13FINO/c1-18-13-7-6-9(8-11(13)15)14(17)10-4-2-3-5-12(10)16/h2-8,14H,17H2,1H3. The molecule has 2 rings (SSSR count). The van der Waals surface area contributed by atoms with E-state index in [0.29, 0.717) is 0 Å². The van der Waals surface area contributed by atoms with Gasteiger partial charge in [0.05, 0.1) is 13.2 Å². The van der Waals surface area contributed by atoms with Crippen LogP contribution in [0, 0.1) is 9.39 Å². The molecule has 0 amide bonds. The first kappa shape index (κ1) is 13.3. The molecule has 2 aromatic carbocycles. The van der Waals surface area contributed by atoms with E-state index < -0.39 is 5.82 Å². The van der Waals surface area contributed by atoms with E-state index in [-0.39, 0.29) is 11.8 Å². The van der Waals surface area contributed by atoms with Crippen molar-refractivity contribution in [3.05, 3.63) is 63.0 Å². The van der Waals surface area contributed by atoms with Gasteiger partial charge < -0.3 is 10.5 Å². The van der Waals surface area contributed by atoms with Gasteiger partial charge in [0.25, 0.3) is 0 Å². The van der Waals surface area contributed by atoms with Gasteiger partial charge in [0, 0.05) is 3.57 Å². The molecule has 0 bridgehead atoms. The lowest BCUT2D eigenvalue weighted by Crippen LogP contribution is -2.13. The van der Waals surface area contributed by atoms with Gasteiger partial charge in [0.2, 0.25) is 0 Å². The molecule has 0 saturated carbocycles. The van der Waals surface area contributed by atoms with E-state index in [4.69, 9.17) is 10.5 Å². The van der Waals surface area contributed by atoms with Crippen molar-refractivity contribution in [1.82, 2.24) is 0 Å². The number of rotatable bonds is 3. The van der Waals surface area contributed by atoms with Crippen molar-refractivity contribution in [3.63, 3.8) is 0 Å². The van der Waals surface area contributed by atoms with Crippen LogP contribution >= 0.6 is 22.6 Å². The lowest BCUT2D eigenvalue weighted by Gasteiger charge is -2.15. The fraction of sp³-hybridized carbons (Fsp3) is 0.143. The topological polar surface area (TPSA) is 35.2 Å². The average Bonchev–Trinajstić information content (AvgIpc) is 2.38. The van der Waals surface area contributed by atoms with Crippen LogP contribution in [0.5, 0.6) is 5.75 Å². The van der Waals surface area contributed by atoms with Crippen molar-refractivity contribution in [2.45, 2.75) is 6.04 Å². The SMILES string of the molecule is COc1ccc(C(N)c2ccccc2I)cc1F. The smallest absolute Gasteiger partial charge is 0.165 e. The maximum Gasteiger partial charge on any atom is 0.165 e. The van der Waals surface area contributed by atoms with Crippen LogP contribution in [0.4, 0.5) is 4.39 Å². The third-order valence-electron chi connectivity index (χ3n) is 2.78. The minimum Gasteiger partial charge on any atom is -0.494 e. The molecule has 0 aromatic heterocycles. The van der Waals surface area contributed by atoms with E-state index in [1.807, 2.05) is 24.3 Å². The third kappa shape index (κ3) is 2.64. The zero-order valence-corrected chi connectivity index (χ0v) is 12.0. The van der Waals surface area contributed by atoms with Crippen LogP contribution in [0.3, 0.4) is 0 Å². The summed E-state index contributed by atoms with van der Waals surface area (Å²) in [5.41, 5.74) is 7.89. The zero-order valence-electron chi connectivity index (χ0n) is 9.86. The van der Waals surface area contributed by atoms with Crippen LogP contribution in [-0.2, 0) is 0 Å². The largest absolute Gasteiger partial charge is 0.494 e. The quantitative estimate of drug-likeness (QED) is 0.854. The molecule has 18 heavy (non-hydrogen) atoms. The molecule has 0 heterocycles. The minimum absolute atomic E-state index is 0.230. The minimum atomic E-state index is -0.392. The molecule has 0 radical (unpaired) electrons. The summed E-state index contributed by atoms with van der Waals surface area (Å²) in [6.45, 7) is 0. The van der Waals surface area contributed by atoms with Crippen LogP contribution < -0.4 is 10.5 Å². The van der Waals surface area contributed by atoms with Gasteiger partial charge in [-0.15, -0.1) is 0 Å². The molecule has 2 nitrogen and oxygen atoms in total. The summed E-state index contributed by atoms with van der Waals surface area (Å²) in [6, 6.07) is 12.3. The third-order valence-corrected chi connectivity index (χ3v) is 3.76. The summed E-state index contributed by atoms with van der Waals surface area (Å²) < 4.78 is 19.6. The second kappa shape index (κ2) is 5.67. The number of hydrogen-bond donors (Lipinski definition) is 1. The van der Waals surface area contributed by atoms with Crippen LogP contribution in [0.2, 0.25) is 0 Å². The van der Waals surface area contributed by atoms with Crippen molar-refractivity contribution in [2.24, 2.45) is 5.73 Å². The van der Waals surface area contributed by atoms with Crippen molar-refractivity contribution < 1.29 is 9.13 Å². The average molecular weight is 357 g/mol. The van der Waals surface area contributed by atoms with Crippen molar-refractivity contribution in [1.29, 1.82) is 0 Å². The number of hydrogen-bond acceptors (Lipinski definition) is 2. The highest BCUT2D eigenvalue weighted by Gasteiger charge is 2.13. The number of ether oxygens (including phenoxy) is 1. The normalized spacial score (nSPS) is 12.2. The summed E-state index contributed by atoms with van der Waals surface area (Å²) in [4.78, 5) is 0. The van der Waals surface area contributed by atoms with Crippen molar-refractivity contribution >= 4 is 22.6 Å². The van der Waals surface area contributed by atoms with Gasteiger partial charge in [-0.3, -0.25) is 0 Å². The second-order valence-electron chi connectivity index (χ2n) is 3.89. The highest BCUT2D eigenvalue weighted by molar-refractivity contribution is 14.1. The molecule has 4 heteroatoms. The van der Waals surface area contributed by atoms with Gasteiger partial charge >= 0.3 is 0 Å². The van der Waals surface area contributed by atoms with E-state index >= 15 is 0 Å². The van der Waals surface area contributed by atoms with E-state index in [9.17, 15) is 4.39 Å². The molecule has 0 aliphatic rings. The van der Waals surface area contributed by atoms with Gasteiger partial charge in [-0.2, -0.15) is 0 Å². The van der Waals surface area contributed by atoms with Gasteiger partial charge in [-0.05, 0) is 51.9 Å². The molecule has 0 aliphatic carbocycles. The molecule has 0 aliphatic heterocycles. The summed E-state index contributed by atoms with van der Waals surface area (Å²) in [5, 5.41) is 0. The summed E-state index contributed by atoms with van der Waals surface area (Å²) in [6.07, 6.45) is 0. The summed E-state index contributed by atoms with van der Waals surface area (Å²) in [7, 11) is 1.44. The Morgan fingerprint density at radius 2 is 1.94 bits per heavy atom. The molecule has 2 N–H and O–H groups in total.